The second kappa shape index (κ2) is 7.50. The van der Waals surface area contributed by atoms with E-state index in [9.17, 15) is 18.0 Å². The van der Waals surface area contributed by atoms with Crippen LogP contribution in [0, 0.1) is 5.92 Å². The molecule has 2 N–H and O–H groups in total. The number of urea groups is 1. The summed E-state index contributed by atoms with van der Waals surface area (Å²) >= 11 is 0.856. The first-order valence-corrected chi connectivity index (χ1v) is 10.8. The maximum atomic E-state index is 12.6. The van der Waals surface area contributed by atoms with Crippen LogP contribution >= 0.6 is 11.3 Å². The second-order valence-corrected chi connectivity index (χ2v) is 9.35. The van der Waals surface area contributed by atoms with E-state index in [1.165, 1.54) is 12.4 Å². The number of hydrogen-bond acceptors (Lipinski definition) is 7. The smallest absolute Gasteiger partial charge is 0.305 e. The lowest BCUT2D eigenvalue weighted by atomic mass is 9.99. The SMILES string of the molecule is CS(=O)(=O)c1cnc(NC(=O)Nc2cccnc2C(=O)C2CCCC2)s1. The van der Waals surface area contributed by atoms with E-state index >= 15 is 0 Å². The number of sulfone groups is 1. The zero-order chi connectivity index (χ0) is 18.7. The molecule has 1 aliphatic rings. The van der Waals surface area contributed by atoms with Crippen LogP contribution in [0.4, 0.5) is 15.6 Å². The van der Waals surface area contributed by atoms with Gasteiger partial charge in [0, 0.05) is 18.4 Å². The average Bonchev–Trinajstić information content (AvgIpc) is 3.25. The van der Waals surface area contributed by atoms with Gasteiger partial charge >= 0.3 is 6.03 Å². The standard InChI is InChI=1S/C16H18N4O4S2/c1-26(23,24)12-9-18-16(25-12)20-15(22)19-11-7-4-8-17-13(11)14(21)10-5-2-3-6-10/h4,7-10H,2-3,5-6H2,1H3,(H2,18,19,20,22). The molecular weight excluding hydrogens is 376 g/mol. The molecule has 0 aliphatic heterocycles. The summed E-state index contributed by atoms with van der Waals surface area (Å²) in [5.41, 5.74) is 0.562. The molecule has 2 aromatic rings. The fourth-order valence-corrected chi connectivity index (χ4v) is 4.45. The number of hydrogen-bond donors (Lipinski definition) is 2. The lowest BCUT2D eigenvalue weighted by molar-refractivity contribution is 0.0918. The quantitative estimate of drug-likeness (QED) is 0.753. The third kappa shape index (κ3) is 4.25. The normalized spacial score (nSPS) is 15.0. The maximum absolute atomic E-state index is 12.6. The minimum atomic E-state index is -3.37. The predicted octanol–water partition coefficient (Wildman–Crippen LogP) is 2.96. The van der Waals surface area contributed by atoms with Crippen molar-refractivity contribution in [2.45, 2.75) is 29.9 Å². The number of rotatable bonds is 5. The van der Waals surface area contributed by atoms with Crippen LogP contribution in [0.25, 0.3) is 0 Å². The number of anilines is 2. The molecule has 8 nitrogen and oxygen atoms in total. The van der Waals surface area contributed by atoms with Crippen molar-refractivity contribution >= 4 is 43.8 Å². The topological polar surface area (TPSA) is 118 Å². The summed E-state index contributed by atoms with van der Waals surface area (Å²) in [6.07, 6.45) is 7.52. The number of nitrogens with one attached hydrogen (secondary N) is 2. The van der Waals surface area contributed by atoms with E-state index in [1.807, 2.05) is 0 Å². The number of thiazole rings is 1. The summed E-state index contributed by atoms with van der Waals surface area (Å²) in [4.78, 5) is 32.8. The van der Waals surface area contributed by atoms with E-state index in [4.69, 9.17) is 0 Å². The molecule has 0 spiro atoms. The number of amides is 2. The predicted molar refractivity (Wildman–Crippen MR) is 98.4 cm³/mol. The zero-order valence-electron chi connectivity index (χ0n) is 14.1. The first kappa shape index (κ1) is 18.5. The third-order valence-electron chi connectivity index (χ3n) is 4.09. The zero-order valence-corrected chi connectivity index (χ0v) is 15.7. The molecule has 0 atom stereocenters. The summed E-state index contributed by atoms with van der Waals surface area (Å²) < 4.78 is 23.0. The van der Waals surface area contributed by atoms with Crippen molar-refractivity contribution in [2.75, 3.05) is 16.9 Å². The van der Waals surface area contributed by atoms with Crippen molar-refractivity contribution in [1.29, 1.82) is 0 Å². The van der Waals surface area contributed by atoms with E-state index in [0.717, 1.165) is 43.3 Å². The Morgan fingerprint density at radius 3 is 2.58 bits per heavy atom. The third-order valence-corrected chi connectivity index (χ3v) is 6.79. The van der Waals surface area contributed by atoms with Crippen LogP contribution in [0.3, 0.4) is 0 Å². The molecule has 2 aromatic heterocycles. The lowest BCUT2D eigenvalue weighted by Gasteiger charge is -2.12. The van der Waals surface area contributed by atoms with E-state index in [-0.39, 0.29) is 26.7 Å². The lowest BCUT2D eigenvalue weighted by Crippen LogP contribution is -2.22. The van der Waals surface area contributed by atoms with Crippen LogP contribution in [0.2, 0.25) is 0 Å². The van der Waals surface area contributed by atoms with Crippen LogP contribution < -0.4 is 10.6 Å². The number of nitrogens with zero attached hydrogens (tertiary/aromatic N) is 2. The summed E-state index contributed by atoms with van der Waals surface area (Å²) in [7, 11) is -3.37. The summed E-state index contributed by atoms with van der Waals surface area (Å²) in [5, 5.41) is 5.22. The Labute approximate surface area is 155 Å². The van der Waals surface area contributed by atoms with Crippen LogP contribution in [0.5, 0.6) is 0 Å². The largest absolute Gasteiger partial charge is 0.325 e. The molecule has 2 amide bonds. The van der Waals surface area contributed by atoms with Gasteiger partial charge < -0.3 is 5.32 Å². The van der Waals surface area contributed by atoms with Gasteiger partial charge in [0.15, 0.2) is 20.8 Å². The molecule has 0 bridgehead atoms. The van der Waals surface area contributed by atoms with Crippen molar-refractivity contribution in [3.05, 3.63) is 30.2 Å². The van der Waals surface area contributed by atoms with E-state index in [2.05, 4.69) is 20.6 Å². The number of carbonyl (C=O) groups excluding carboxylic acids is 2. The van der Waals surface area contributed by atoms with Gasteiger partial charge in [0.05, 0.1) is 11.9 Å². The van der Waals surface area contributed by atoms with Gasteiger partial charge in [-0.05, 0) is 25.0 Å². The van der Waals surface area contributed by atoms with Gasteiger partial charge in [-0.3, -0.25) is 15.1 Å². The van der Waals surface area contributed by atoms with Crippen molar-refractivity contribution < 1.29 is 18.0 Å². The Hall–Kier alpha value is -2.33. The molecule has 0 unspecified atom stereocenters. The summed E-state index contributed by atoms with van der Waals surface area (Å²) in [5.74, 6) is -0.114. The van der Waals surface area contributed by atoms with Crippen molar-refractivity contribution in [2.24, 2.45) is 5.92 Å². The van der Waals surface area contributed by atoms with Gasteiger partial charge in [-0.25, -0.2) is 18.2 Å². The monoisotopic (exact) mass is 394 g/mol. The highest BCUT2D eigenvalue weighted by molar-refractivity contribution is 7.92. The van der Waals surface area contributed by atoms with Crippen molar-refractivity contribution in [1.82, 2.24) is 9.97 Å². The summed E-state index contributed by atoms with van der Waals surface area (Å²) in [6.45, 7) is 0. The molecule has 26 heavy (non-hydrogen) atoms. The number of pyridine rings is 1. The van der Waals surface area contributed by atoms with Gasteiger partial charge in [-0.1, -0.05) is 24.2 Å². The molecule has 138 valence electrons. The van der Waals surface area contributed by atoms with Gasteiger partial charge in [0.25, 0.3) is 0 Å². The molecule has 1 fully saturated rings. The van der Waals surface area contributed by atoms with E-state index < -0.39 is 15.9 Å². The Balaban J connectivity index is 1.71. The molecule has 0 saturated heterocycles. The van der Waals surface area contributed by atoms with E-state index in [0.29, 0.717) is 5.69 Å². The Morgan fingerprint density at radius 2 is 1.92 bits per heavy atom. The van der Waals surface area contributed by atoms with Gasteiger partial charge in [0.2, 0.25) is 0 Å². The highest BCUT2D eigenvalue weighted by Crippen LogP contribution is 2.29. The minimum absolute atomic E-state index is 0.0511. The number of ketones is 1. The molecule has 2 heterocycles. The van der Waals surface area contributed by atoms with Gasteiger partial charge in [-0.2, -0.15) is 0 Å². The second-order valence-electron chi connectivity index (χ2n) is 6.08. The van der Waals surface area contributed by atoms with Crippen molar-refractivity contribution in [3.63, 3.8) is 0 Å². The van der Waals surface area contributed by atoms with Crippen LogP contribution in [0.1, 0.15) is 36.2 Å². The maximum Gasteiger partial charge on any atom is 0.325 e. The molecule has 10 heteroatoms. The highest BCUT2D eigenvalue weighted by Gasteiger charge is 2.27. The Kier molecular flexibility index (Phi) is 5.33. The van der Waals surface area contributed by atoms with Crippen LogP contribution in [-0.4, -0.2) is 36.5 Å². The first-order chi connectivity index (χ1) is 12.3. The number of aromatic nitrogens is 2. The summed E-state index contributed by atoms with van der Waals surface area (Å²) in [6, 6.07) is 2.62. The van der Waals surface area contributed by atoms with E-state index in [1.54, 1.807) is 12.1 Å². The first-order valence-electron chi connectivity index (χ1n) is 8.08. The minimum Gasteiger partial charge on any atom is -0.305 e. The number of Topliss-reactive ketones (excluding diaryl/α,β-unsaturated/α-hetero) is 1. The molecule has 0 aromatic carbocycles. The molecule has 3 rings (SSSR count). The van der Waals surface area contributed by atoms with Crippen molar-refractivity contribution in [3.8, 4) is 0 Å². The highest BCUT2D eigenvalue weighted by atomic mass is 32.2. The molecular formula is C16H18N4O4S2. The fourth-order valence-electron chi connectivity index (χ4n) is 2.82. The molecule has 1 saturated carbocycles. The molecule has 0 radical (unpaired) electrons. The Morgan fingerprint density at radius 1 is 1.19 bits per heavy atom. The number of carbonyl (C=O) groups is 2. The van der Waals surface area contributed by atoms with Gasteiger partial charge in [0.1, 0.15) is 9.90 Å². The van der Waals surface area contributed by atoms with Crippen LogP contribution in [-0.2, 0) is 9.84 Å². The fraction of sp³-hybridized carbons (Fsp3) is 0.375. The molecule has 1 aliphatic carbocycles. The van der Waals surface area contributed by atoms with Crippen LogP contribution in [0.15, 0.2) is 28.7 Å². The average molecular weight is 394 g/mol. The van der Waals surface area contributed by atoms with Gasteiger partial charge in [-0.15, -0.1) is 0 Å². The Bertz CT molecular complexity index is 933.